The van der Waals surface area contributed by atoms with E-state index in [4.69, 9.17) is 5.73 Å². The maximum atomic E-state index is 5.87. The molecule has 0 amide bonds. The first-order valence-corrected chi connectivity index (χ1v) is 5.55. The second kappa shape index (κ2) is 5.01. The zero-order chi connectivity index (χ0) is 11.4. The molecule has 1 rings (SSSR count). The van der Waals surface area contributed by atoms with E-state index < -0.39 is 0 Å². The van der Waals surface area contributed by atoms with E-state index >= 15 is 0 Å². The largest absolute Gasteiger partial charge is 0.398 e. The zero-order valence-corrected chi connectivity index (χ0v) is 10.1. The average Bonchev–Trinajstić information content (AvgIpc) is 2.23. The number of aryl methyl sites for hydroxylation is 1. The Balaban J connectivity index is 2.90. The Morgan fingerprint density at radius 1 is 1.40 bits per heavy atom. The molecule has 15 heavy (non-hydrogen) atoms. The number of nitrogens with two attached hydrogens (primary N) is 1. The van der Waals surface area contributed by atoms with Crippen LogP contribution in [-0.4, -0.2) is 18.1 Å². The number of aromatic nitrogens is 1. The minimum atomic E-state index is 0.541. The Labute approximate surface area is 92.3 Å². The quantitative estimate of drug-likeness (QED) is 0.825. The van der Waals surface area contributed by atoms with Gasteiger partial charge in [-0.2, -0.15) is 0 Å². The van der Waals surface area contributed by atoms with E-state index in [0.717, 1.165) is 29.9 Å². The molecular weight excluding hydrogens is 186 g/mol. The first-order chi connectivity index (χ1) is 7.10. The minimum absolute atomic E-state index is 0.541. The Morgan fingerprint density at radius 3 is 2.47 bits per heavy atom. The van der Waals surface area contributed by atoms with E-state index in [2.05, 4.69) is 30.8 Å². The van der Waals surface area contributed by atoms with Crippen LogP contribution in [-0.2, 0) is 0 Å². The standard InChI is InChI=1S/C12H21N3/c1-5-10(6-2)15(4)12-7-11(13)9(3)8-14-12/h7-8,10H,5-6H2,1-4H3,(H2,13,14). The lowest BCUT2D eigenvalue weighted by Crippen LogP contribution is -2.31. The number of anilines is 2. The first-order valence-electron chi connectivity index (χ1n) is 5.55. The monoisotopic (exact) mass is 207 g/mol. The molecule has 0 unspecified atom stereocenters. The fourth-order valence-corrected chi connectivity index (χ4v) is 1.74. The highest BCUT2D eigenvalue weighted by Gasteiger charge is 2.12. The first kappa shape index (κ1) is 11.8. The molecule has 0 aliphatic carbocycles. The zero-order valence-electron chi connectivity index (χ0n) is 10.1. The fourth-order valence-electron chi connectivity index (χ4n) is 1.74. The van der Waals surface area contributed by atoms with Crippen LogP contribution in [0.25, 0.3) is 0 Å². The van der Waals surface area contributed by atoms with Gasteiger partial charge in [0.1, 0.15) is 5.82 Å². The molecule has 84 valence electrons. The van der Waals surface area contributed by atoms with E-state index in [1.165, 1.54) is 0 Å². The van der Waals surface area contributed by atoms with E-state index in [1.54, 1.807) is 0 Å². The van der Waals surface area contributed by atoms with Gasteiger partial charge in [-0.25, -0.2) is 4.98 Å². The number of nitrogens with zero attached hydrogens (tertiary/aromatic N) is 2. The normalized spacial score (nSPS) is 10.7. The van der Waals surface area contributed by atoms with Gasteiger partial charge in [-0.05, 0) is 25.3 Å². The third-order valence-corrected chi connectivity index (χ3v) is 2.98. The Hall–Kier alpha value is -1.25. The van der Waals surface area contributed by atoms with Crippen molar-refractivity contribution < 1.29 is 0 Å². The number of pyridine rings is 1. The van der Waals surface area contributed by atoms with Crippen LogP contribution >= 0.6 is 0 Å². The molecule has 0 saturated carbocycles. The minimum Gasteiger partial charge on any atom is -0.398 e. The van der Waals surface area contributed by atoms with Crippen molar-refractivity contribution in [3.8, 4) is 0 Å². The summed E-state index contributed by atoms with van der Waals surface area (Å²) in [5.74, 6) is 0.965. The maximum absolute atomic E-state index is 5.87. The van der Waals surface area contributed by atoms with Crippen molar-refractivity contribution in [3.63, 3.8) is 0 Å². The Bertz CT molecular complexity index is 319. The number of hydrogen-bond donors (Lipinski definition) is 1. The van der Waals surface area contributed by atoms with E-state index in [1.807, 2.05) is 19.2 Å². The highest BCUT2D eigenvalue weighted by Crippen LogP contribution is 2.20. The Morgan fingerprint density at radius 2 is 2.00 bits per heavy atom. The molecule has 1 heterocycles. The van der Waals surface area contributed by atoms with Gasteiger partial charge in [-0.15, -0.1) is 0 Å². The molecule has 3 heteroatoms. The molecule has 0 aliphatic rings. The summed E-state index contributed by atoms with van der Waals surface area (Å²) in [6.07, 6.45) is 4.09. The molecule has 0 aliphatic heterocycles. The van der Waals surface area contributed by atoms with Gasteiger partial charge in [0.25, 0.3) is 0 Å². The average molecular weight is 207 g/mol. The lowest BCUT2D eigenvalue weighted by molar-refractivity contribution is 0.587. The predicted octanol–water partition coefficient (Wildman–Crippen LogP) is 2.60. The number of nitrogen functional groups attached to an aromatic ring is 1. The van der Waals surface area contributed by atoms with Crippen molar-refractivity contribution in [2.24, 2.45) is 0 Å². The van der Waals surface area contributed by atoms with Crippen LogP contribution in [0.5, 0.6) is 0 Å². The molecule has 0 atom stereocenters. The highest BCUT2D eigenvalue weighted by atomic mass is 15.2. The van der Waals surface area contributed by atoms with Gasteiger partial charge in [-0.3, -0.25) is 0 Å². The molecule has 0 fully saturated rings. The van der Waals surface area contributed by atoms with Gasteiger partial charge in [0, 0.05) is 31.0 Å². The van der Waals surface area contributed by atoms with E-state index in [9.17, 15) is 0 Å². The van der Waals surface area contributed by atoms with Gasteiger partial charge in [0.2, 0.25) is 0 Å². The molecule has 1 aromatic heterocycles. The molecule has 1 aromatic rings. The SMILES string of the molecule is CCC(CC)N(C)c1cc(N)c(C)cn1. The molecule has 0 saturated heterocycles. The molecular formula is C12H21N3. The molecule has 0 aromatic carbocycles. The fraction of sp³-hybridized carbons (Fsp3) is 0.583. The molecule has 0 radical (unpaired) electrons. The lowest BCUT2D eigenvalue weighted by atomic mass is 10.1. The van der Waals surface area contributed by atoms with Crippen LogP contribution in [0.2, 0.25) is 0 Å². The molecule has 3 nitrogen and oxygen atoms in total. The summed E-state index contributed by atoms with van der Waals surface area (Å²) in [6.45, 7) is 6.37. The summed E-state index contributed by atoms with van der Waals surface area (Å²) < 4.78 is 0. The van der Waals surface area contributed by atoms with Gasteiger partial charge >= 0.3 is 0 Å². The third-order valence-electron chi connectivity index (χ3n) is 2.98. The molecule has 0 bridgehead atoms. The van der Waals surface area contributed by atoms with Crippen LogP contribution in [0.1, 0.15) is 32.3 Å². The second-order valence-corrected chi connectivity index (χ2v) is 3.98. The maximum Gasteiger partial charge on any atom is 0.130 e. The van der Waals surface area contributed by atoms with E-state index in [-0.39, 0.29) is 0 Å². The van der Waals surface area contributed by atoms with Gasteiger partial charge in [0.05, 0.1) is 0 Å². The van der Waals surface area contributed by atoms with Gasteiger partial charge in [0.15, 0.2) is 0 Å². The summed E-state index contributed by atoms with van der Waals surface area (Å²) in [7, 11) is 2.08. The highest BCUT2D eigenvalue weighted by molar-refractivity contribution is 5.54. The van der Waals surface area contributed by atoms with Crippen LogP contribution in [0, 0.1) is 6.92 Å². The summed E-state index contributed by atoms with van der Waals surface area (Å²) >= 11 is 0. The molecule has 0 spiro atoms. The summed E-state index contributed by atoms with van der Waals surface area (Å²) in [4.78, 5) is 6.61. The molecule has 2 N–H and O–H groups in total. The topological polar surface area (TPSA) is 42.1 Å². The van der Waals surface area contributed by atoms with Crippen molar-refractivity contribution >= 4 is 11.5 Å². The van der Waals surface area contributed by atoms with Crippen molar-refractivity contribution in [2.45, 2.75) is 39.7 Å². The van der Waals surface area contributed by atoms with Crippen molar-refractivity contribution in [1.82, 2.24) is 4.98 Å². The van der Waals surface area contributed by atoms with E-state index in [0.29, 0.717) is 6.04 Å². The smallest absolute Gasteiger partial charge is 0.130 e. The van der Waals surface area contributed by atoms with Crippen molar-refractivity contribution in [3.05, 3.63) is 17.8 Å². The van der Waals surface area contributed by atoms with Crippen LogP contribution in [0.15, 0.2) is 12.3 Å². The van der Waals surface area contributed by atoms with Crippen molar-refractivity contribution in [1.29, 1.82) is 0 Å². The Kier molecular flexibility index (Phi) is 3.95. The second-order valence-electron chi connectivity index (χ2n) is 3.98. The van der Waals surface area contributed by atoms with Crippen molar-refractivity contribution in [2.75, 3.05) is 17.7 Å². The summed E-state index contributed by atoms with van der Waals surface area (Å²) in [5, 5.41) is 0. The predicted molar refractivity (Wildman–Crippen MR) is 66.2 cm³/mol. The summed E-state index contributed by atoms with van der Waals surface area (Å²) in [6, 6.07) is 2.49. The van der Waals surface area contributed by atoms with Crippen LogP contribution in [0.4, 0.5) is 11.5 Å². The van der Waals surface area contributed by atoms with Crippen LogP contribution in [0.3, 0.4) is 0 Å². The van der Waals surface area contributed by atoms with Crippen LogP contribution < -0.4 is 10.6 Å². The van der Waals surface area contributed by atoms with Gasteiger partial charge < -0.3 is 10.6 Å². The summed E-state index contributed by atoms with van der Waals surface area (Å²) in [5.41, 5.74) is 7.73. The lowest BCUT2D eigenvalue weighted by Gasteiger charge is -2.27. The number of rotatable bonds is 4. The van der Waals surface area contributed by atoms with Gasteiger partial charge in [-0.1, -0.05) is 13.8 Å². The number of hydrogen-bond acceptors (Lipinski definition) is 3. The third kappa shape index (κ3) is 2.61.